The number of allylic oxidation sites excluding steroid dienone is 1. The quantitative estimate of drug-likeness (QED) is 0.854. The molecule has 2 rings (SSSR count). The summed E-state index contributed by atoms with van der Waals surface area (Å²) in [5.41, 5.74) is -1.55. The van der Waals surface area contributed by atoms with Crippen LogP contribution in [-0.2, 0) is 14.3 Å². The van der Waals surface area contributed by atoms with E-state index >= 15 is 0 Å². The summed E-state index contributed by atoms with van der Waals surface area (Å²) in [5.74, 6) is -2.43. The lowest BCUT2D eigenvalue weighted by molar-refractivity contribution is -0.142. The molecule has 1 aromatic rings. The first kappa shape index (κ1) is 17.8. The maximum absolute atomic E-state index is 13.3. The van der Waals surface area contributed by atoms with Crippen molar-refractivity contribution in [3.8, 4) is 5.75 Å². The van der Waals surface area contributed by atoms with E-state index in [-0.39, 0.29) is 13.0 Å². The molecule has 0 aliphatic carbocycles. The summed E-state index contributed by atoms with van der Waals surface area (Å²) in [5, 5.41) is 1.76. The van der Waals surface area contributed by atoms with E-state index < -0.39 is 35.2 Å². The molecule has 0 radical (unpaired) electrons. The van der Waals surface area contributed by atoms with Crippen molar-refractivity contribution in [2.45, 2.75) is 25.4 Å². The van der Waals surface area contributed by atoms with E-state index in [1.165, 1.54) is 26.2 Å². The second-order valence-corrected chi connectivity index (χ2v) is 5.08. The fourth-order valence-electron chi connectivity index (χ4n) is 2.52. The first-order chi connectivity index (χ1) is 11.3. The van der Waals surface area contributed by atoms with Crippen molar-refractivity contribution in [2.24, 2.45) is 0 Å². The van der Waals surface area contributed by atoms with Crippen molar-refractivity contribution in [3.05, 3.63) is 41.1 Å². The van der Waals surface area contributed by atoms with Crippen LogP contribution < -0.4 is 10.1 Å². The zero-order chi connectivity index (χ0) is 17.9. The Labute approximate surface area is 136 Å². The standard InChI is InChI=1S/C16H16F3NO4/c1-3-24-15(22)13-11(9-4-6-10(23-2)7-5-9)8-12(21)20-14(13)16(17,18)19/h4-7,11H,3,8H2,1-2H3,(H,20,21). The molecule has 0 aromatic heterocycles. The number of ether oxygens (including phenoxy) is 2. The van der Waals surface area contributed by atoms with E-state index in [0.29, 0.717) is 11.3 Å². The number of hydrogen-bond acceptors (Lipinski definition) is 4. The number of alkyl halides is 3. The lowest BCUT2D eigenvalue weighted by Gasteiger charge is -2.28. The first-order valence-corrected chi connectivity index (χ1v) is 7.20. The van der Waals surface area contributed by atoms with E-state index in [0.717, 1.165) is 0 Å². The molecule has 1 aliphatic rings. The molecule has 0 fully saturated rings. The third-order valence-electron chi connectivity index (χ3n) is 3.57. The molecule has 0 spiro atoms. The number of carbonyl (C=O) groups excluding carboxylic acids is 2. The number of hydrogen-bond donors (Lipinski definition) is 1. The van der Waals surface area contributed by atoms with Crippen LogP contribution >= 0.6 is 0 Å². The minimum Gasteiger partial charge on any atom is -0.497 e. The second kappa shape index (κ2) is 6.94. The molecule has 1 aliphatic heterocycles. The largest absolute Gasteiger partial charge is 0.497 e. The van der Waals surface area contributed by atoms with Gasteiger partial charge in [-0.15, -0.1) is 0 Å². The molecule has 1 atom stereocenters. The monoisotopic (exact) mass is 343 g/mol. The summed E-state index contributed by atoms with van der Waals surface area (Å²) in [6.07, 6.45) is -5.15. The predicted molar refractivity (Wildman–Crippen MR) is 78.2 cm³/mol. The Morgan fingerprint density at radius 2 is 1.92 bits per heavy atom. The Bertz CT molecular complexity index is 665. The third kappa shape index (κ3) is 3.69. The van der Waals surface area contributed by atoms with Crippen molar-refractivity contribution in [2.75, 3.05) is 13.7 Å². The van der Waals surface area contributed by atoms with Gasteiger partial charge in [-0.2, -0.15) is 13.2 Å². The maximum Gasteiger partial charge on any atom is 0.431 e. The second-order valence-electron chi connectivity index (χ2n) is 5.08. The van der Waals surface area contributed by atoms with Crippen LogP contribution in [0.25, 0.3) is 0 Å². The normalized spacial score (nSPS) is 18.2. The number of amides is 1. The summed E-state index contributed by atoms with van der Waals surface area (Å²) in [7, 11) is 1.45. The number of benzene rings is 1. The lowest BCUT2D eigenvalue weighted by atomic mass is 9.84. The van der Waals surface area contributed by atoms with E-state index in [9.17, 15) is 22.8 Å². The first-order valence-electron chi connectivity index (χ1n) is 7.20. The van der Waals surface area contributed by atoms with Crippen LogP contribution in [0.3, 0.4) is 0 Å². The van der Waals surface area contributed by atoms with Crippen LogP contribution in [0.15, 0.2) is 35.5 Å². The predicted octanol–water partition coefficient (Wildman–Crippen LogP) is 2.68. The average Bonchev–Trinajstić information content (AvgIpc) is 2.53. The van der Waals surface area contributed by atoms with Gasteiger partial charge in [-0.1, -0.05) is 12.1 Å². The molecule has 1 amide bonds. The summed E-state index contributed by atoms with van der Waals surface area (Å²) in [6.45, 7) is 1.42. The van der Waals surface area contributed by atoms with E-state index in [2.05, 4.69) is 0 Å². The lowest BCUT2D eigenvalue weighted by Crippen LogP contribution is -2.41. The van der Waals surface area contributed by atoms with Crippen LogP contribution in [0, 0.1) is 0 Å². The third-order valence-corrected chi connectivity index (χ3v) is 3.57. The molecule has 8 heteroatoms. The molecule has 0 bridgehead atoms. The number of rotatable bonds is 4. The minimum absolute atomic E-state index is 0.0727. The van der Waals surface area contributed by atoms with Gasteiger partial charge in [0.2, 0.25) is 5.91 Å². The van der Waals surface area contributed by atoms with Crippen LogP contribution in [0.1, 0.15) is 24.8 Å². The highest BCUT2D eigenvalue weighted by atomic mass is 19.4. The fourth-order valence-corrected chi connectivity index (χ4v) is 2.52. The van der Waals surface area contributed by atoms with Gasteiger partial charge in [0, 0.05) is 12.3 Å². The van der Waals surface area contributed by atoms with Crippen molar-refractivity contribution < 1.29 is 32.2 Å². The van der Waals surface area contributed by atoms with Crippen LogP contribution in [-0.4, -0.2) is 31.8 Å². The summed E-state index contributed by atoms with van der Waals surface area (Å²) >= 11 is 0. The molecule has 1 N–H and O–H groups in total. The van der Waals surface area contributed by atoms with Gasteiger partial charge >= 0.3 is 12.1 Å². The summed E-state index contributed by atoms with van der Waals surface area (Å²) < 4.78 is 49.6. The van der Waals surface area contributed by atoms with E-state index in [1.807, 2.05) is 0 Å². The van der Waals surface area contributed by atoms with Gasteiger partial charge in [0.25, 0.3) is 0 Å². The molecule has 24 heavy (non-hydrogen) atoms. The number of carbonyl (C=O) groups is 2. The Balaban J connectivity index is 2.56. The van der Waals surface area contributed by atoms with Crippen molar-refractivity contribution in [3.63, 3.8) is 0 Å². The van der Waals surface area contributed by atoms with Crippen molar-refractivity contribution in [1.82, 2.24) is 5.32 Å². The number of esters is 1. The Morgan fingerprint density at radius 1 is 1.29 bits per heavy atom. The highest BCUT2D eigenvalue weighted by Gasteiger charge is 2.45. The molecule has 1 aromatic carbocycles. The van der Waals surface area contributed by atoms with Crippen LogP contribution in [0.4, 0.5) is 13.2 Å². The molecule has 130 valence electrons. The minimum atomic E-state index is -4.87. The molecular weight excluding hydrogens is 327 g/mol. The number of methoxy groups -OCH3 is 1. The molecular formula is C16H16F3NO4. The van der Waals surface area contributed by atoms with Gasteiger partial charge in [-0.25, -0.2) is 4.79 Å². The topological polar surface area (TPSA) is 64.6 Å². The van der Waals surface area contributed by atoms with Gasteiger partial charge in [-0.05, 0) is 24.6 Å². The molecule has 0 saturated heterocycles. The number of halogens is 3. The zero-order valence-corrected chi connectivity index (χ0v) is 13.1. The molecule has 1 heterocycles. The summed E-state index contributed by atoms with van der Waals surface area (Å²) in [4.78, 5) is 23.8. The highest BCUT2D eigenvalue weighted by molar-refractivity contribution is 5.96. The smallest absolute Gasteiger partial charge is 0.431 e. The van der Waals surface area contributed by atoms with E-state index in [1.54, 1.807) is 17.4 Å². The van der Waals surface area contributed by atoms with Crippen LogP contribution in [0.5, 0.6) is 5.75 Å². The summed E-state index contributed by atoms with van der Waals surface area (Å²) in [6, 6.07) is 6.15. The van der Waals surface area contributed by atoms with Gasteiger partial charge in [0.05, 0.1) is 19.3 Å². The van der Waals surface area contributed by atoms with Crippen molar-refractivity contribution in [1.29, 1.82) is 0 Å². The fraction of sp³-hybridized carbons (Fsp3) is 0.375. The van der Waals surface area contributed by atoms with Gasteiger partial charge < -0.3 is 14.8 Å². The van der Waals surface area contributed by atoms with E-state index in [4.69, 9.17) is 9.47 Å². The van der Waals surface area contributed by atoms with Gasteiger partial charge in [0.1, 0.15) is 11.4 Å². The molecule has 5 nitrogen and oxygen atoms in total. The van der Waals surface area contributed by atoms with Crippen LogP contribution in [0.2, 0.25) is 0 Å². The Kier molecular flexibility index (Phi) is 5.16. The average molecular weight is 343 g/mol. The molecule has 0 saturated carbocycles. The maximum atomic E-state index is 13.3. The SMILES string of the molecule is CCOC(=O)C1=C(C(F)(F)F)NC(=O)CC1c1ccc(OC)cc1. The van der Waals surface area contributed by atoms with Crippen molar-refractivity contribution >= 4 is 11.9 Å². The van der Waals surface area contributed by atoms with Gasteiger partial charge in [-0.3, -0.25) is 4.79 Å². The van der Waals surface area contributed by atoms with Gasteiger partial charge in [0.15, 0.2) is 0 Å². The Morgan fingerprint density at radius 3 is 2.42 bits per heavy atom. The molecule has 1 unspecified atom stereocenters. The highest BCUT2D eigenvalue weighted by Crippen LogP contribution is 2.39. The number of nitrogens with one attached hydrogen (secondary N) is 1. The Hall–Kier alpha value is -2.51. The zero-order valence-electron chi connectivity index (χ0n) is 13.1.